The highest BCUT2D eigenvalue weighted by Crippen LogP contribution is 2.21. The summed E-state index contributed by atoms with van der Waals surface area (Å²) in [6.07, 6.45) is 1.82. The Kier molecular flexibility index (Phi) is 22.9. The number of benzene rings is 2. The van der Waals surface area contributed by atoms with Crippen LogP contribution in [0.1, 0.15) is 65.4 Å². The Labute approximate surface area is 370 Å². The van der Waals surface area contributed by atoms with Crippen LogP contribution in [0.25, 0.3) is 0 Å². The maximum absolute atomic E-state index is 14.0. The smallest absolute Gasteiger partial charge is 0.243 e. The summed E-state index contributed by atoms with van der Waals surface area (Å²) in [5.41, 5.74) is 16.9. The molecule has 7 amide bonds. The number of thioether (sulfide) groups is 2. The van der Waals surface area contributed by atoms with E-state index in [0.29, 0.717) is 16.2 Å². The summed E-state index contributed by atoms with van der Waals surface area (Å²) in [4.78, 5) is 110. The predicted octanol–water partition coefficient (Wildman–Crippen LogP) is -0.0696. The molecule has 62 heavy (non-hydrogen) atoms. The van der Waals surface area contributed by atoms with Gasteiger partial charge in [0.2, 0.25) is 46.5 Å². The van der Waals surface area contributed by atoms with Crippen LogP contribution in [0.5, 0.6) is 5.75 Å². The molecule has 0 aliphatic rings. The highest BCUT2D eigenvalue weighted by molar-refractivity contribution is 8.13. The minimum absolute atomic E-state index is 0.00459. The van der Waals surface area contributed by atoms with Gasteiger partial charge in [-0.2, -0.15) is 11.8 Å². The van der Waals surface area contributed by atoms with Gasteiger partial charge in [0.05, 0.1) is 12.5 Å². The Morgan fingerprint density at radius 1 is 0.677 bits per heavy atom. The molecule has 2 rings (SSSR count). The standard InChI is InChI=1S/C41H60N10O9S2/c1-23(2)20-31(47-25(4)52)37(57)51-32(21-26-13-15-27(53)16-14-26)38(58)48-29(12-9-18-45-41(43)44)36(56)46-24(3)35(55)50-33(22-34(42)54)39(59)49-30(17-19-61-5)40(60)62-28-10-7-6-8-11-28/h6-8,10-11,13-16,23-24,29-33,53H,9,12,17-22H2,1-5H3,(H2,42,54)(H,46,56)(H,47,52)(H,48,58)(H,49,59)(H,50,55)(H,51,57)(H4,43,44,45)/t24-,29-,30-,31-,32-,33-/m0/s1. The second-order valence-corrected chi connectivity index (χ2v) is 16.9. The second-order valence-electron chi connectivity index (χ2n) is 14.9. The number of carbonyl (C=O) groups excluding carboxylic acids is 8. The van der Waals surface area contributed by atoms with Crippen LogP contribution in [-0.2, 0) is 44.8 Å². The number of rotatable bonds is 26. The topological polar surface area (TPSA) is 319 Å². The molecule has 0 aliphatic carbocycles. The van der Waals surface area contributed by atoms with E-state index >= 15 is 0 Å². The molecule has 0 bridgehead atoms. The van der Waals surface area contributed by atoms with Crippen molar-refractivity contribution < 1.29 is 43.5 Å². The van der Waals surface area contributed by atoms with Gasteiger partial charge in [-0.15, -0.1) is 0 Å². The number of aromatic hydroxyl groups is 1. The van der Waals surface area contributed by atoms with E-state index in [1.807, 2.05) is 20.1 Å². The molecular weight excluding hydrogens is 841 g/mol. The number of hydrogen-bond acceptors (Lipinski definition) is 12. The number of amides is 7. The van der Waals surface area contributed by atoms with E-state index in [2.05, 4.69) is 36.9 Å². The van der Waals surface area contributed by atoms with Gasteiger partial charge in [0.25, 0.3) is 0 Å². The molecule has 6 atom stereocenters. The van der Waals surface area contributed by atoms with E-state index in [9.17, 15) is 43.5 Å². The van der Waals surface area contributed by atoms with Gasteiger partial charge >= 0.3 is 0 Å². The van der Waals surface area contributed by atoms with Crippen molar-refractivity contribution in [2.75, 3.05) is 18.6 Å². The summed E-state index contributed by atoms with van der Waals surface area (Å²) >= 11 is 2.40. The fraction of sp³-hybridized carbons (Fsp3) is 0.488. The molecule has 0 unspecified atom stereocenters. The summed E-state index contributed by atoms with van der Waals surface area (Å²) in [6.45, 7) is 6.38. The lowest BCUT2D eigenvalue weighted by Crippen LogP contribution is -2.59. The molecule has 0 aromatic heterocycles. The van der Waals surface area contributed by atoms with Crippen LogP contribution in [0.3, 0.4) is 0 Å². The number of primary amides is 1. The van der Waals surface area contributed by atoms with E-state index in [1.165, 1.54) is 37.7 Å². The number of phenolic OH excluding ortho intramolecular Hbond substituents is 1. The quantitative estimate of drug-likeness (QED) is 0.0256. The number of nitrogens with two attached hydrogens (primary N) is 3. The summed E-state index contributed by atoms with van der Waals surface area (Å²) < 4.78 is 0. The molecule has 2 aromatic carbocycles. The van der Waals surface area contributed by atoms with Crippen LogP contribution in [0.4, 0.5) is 0 Å². The van der Waals surface area contributed by atoms with Crippen LogP contribution < -0.4 is 49.1 Å². The predicted molar refractivity (Wildman–Crippen MR) is 238 cm³/mol. The Morgan fingerprint density at radius 2 is 1.24 bits per heavy atom. The summed E-state index contributed by atoms with van der Waals surface area (Å²) in [5, 5.41) is 25.0. The van der Waals surface area contributed by atoms with Crippen molar-refractivity contribution in [3.05, 3.63) is 60.2 Å². The number of nitrogens with one attached hydrogen (secondary N) is 6. The lowest BCUT2D eigenvalue weighted by molar-refractivity contribution is -0.135. The van der Waals surface area contributed by atoms with Gasteiger partial charge in [0.15, 0.2) is 5.96 Å². The van der Waals surface area contributed by atoms with Crippen LogP contribution in [-0.4, -0.2) is 112 Å². The average molecular weight is 901 g/mol. The number of phenols is 1. The Morgan fingerprint density at radius 3 is 1.82 bits per heavy atom. The minimum atomic E-state index is -1.51. The molecule has 0 aliphatic heterocycles. The van der Waals surface area contributed by atoms with Crippen molar-refractivity contribution in [1.29, 1.82) is 0 Å². The van der Waals surface area contributed by atoms with Crippen molar-refractivity contribution in [2.45, 2.75) is 107 Å². The minimum Gasteiger partial charge on any atom is -0.508 e. The van der Waals surface area contributed by atoms with Crippen molar-refractivity contribution in [2.24, 2.45) is 28.1 Å². The van der Waals surface area contributed by atoms with Gasteiger partial charge in [-0.3, -0.25) is 43.3 Å². The van der Waals surface area contributed by atoms with Crippen LogP contribution in [0.15, 0.2) is 64.5 Å². The van der Waals surface area contributed by atoms with Gasteiger partial charge in [0.1, 0.15) is 36.0 Å². The van der Waals surface area contributed by atoms with E-state index in [1.54, 1.807) is 42.5 Å². The molecule has 13 N–H and O–H groups in total. The zero-order chi connectivity index (χ0) is 46.4. The third kappa shape index (κ3) is 20.2. The number of aliphatic imine (C=N–C) groups is 1. The van der Waals surface area contributed by atoms with E-state index in [4.69, 9.17) is 17.2 Å². The van der Waals surface area contributed by atoms with E-state index in [0.717, 1.165) is 11.8 Å². The third-order valence-corrected chi connectivity index (χ3v) is 10.6. The Bertz CT molecular complexity index is 1860. The summed E-state index contributed by atoms with van der Waals surface area (Å²) in [7, 11) is 0. The molecule has 2 aromatic rings. The fourth-order valence-electron chi connectivity index (χ4n) is 5.86. The first-order chi connectivity index (χ1) is 29.3. The SMILES string of the molecule is CSCC[C@H](NC(=O)[C@H](CC(N)=O)NC(=O)[C@H](C)NC(=O)[C@H](CCCN=C(N)N)NC(=O)[C@H](Cc1ccc(O)cc1)NC(=O)[C@H](CC(C)C)NC(C)=O)C(=O)Sc1ccccc1. The van der Waals surface area contributed by atoms with Gasteiger partial charge in [-0.25, -0.2) is 0 Å². The molecular formula is C41H60N10O9S2. The van der Waals surface area contributed by atoms with Gasteiger partial charge in [-0.1, -0.05) is 44.2 Å². The maximum Gasteiger partial charge on any atom is 0.243 e. The molecule has 0 fully saturated rings. The first kappa shape index (κ1) is 52.3. The monoisotopic (exact) mass is 900 g/mol. The molecule has 0 heterocycles. The first-order valence-corrected chi connectivity index (χ1v) is 22.2. The molecule has 340 valence electrons. The molecule has 0 saturated heterocycles. The van der Waals surface area contributed by atoms with Gasteiger partial charge in [0, 0.05) is 24.8 Å². The zero-order valence-electron chi connectivity index (χ0n) is 35.6. The molecule has 0 saturated carbocycles. The summed E-state index contributed by atoms with van der Waals surface area (Å²) in [6, 6.07) is 7.35. The molecule has 0 spiro atoms. The van der Waals surface area contributed by atoms with Crippen LogP contribution in [0, 0.1) is 5.92 Å². The molecule has 21 heteroatoms. The van der Waals surface area contributed by atoms with Crippen molar-refractivity contribution in [3.8, 4) is 5.75 Å². The maximum atomic E-state index is 14.0. The Hall–Kier alpha value is -5.83. The third-order valence-electron chi connectivity index (χ3n) is 8.95. The van der Waals surface area contributed by atoms with Crippen LogP contribution in [0.2, 0.25) is 0 Å². The van der Waals surface area contributed by atoms with Gasteiger partial charge < -0.3 is 54.2 Å². The number of guanidine groups is 1. The Balaban J connectivity index is 2.32. The highest BCUT2D eigenvalue weighted by atomic mass is 32.2. The van der Waals surface area contributed by atoms with Crippen LogP contribution >= 0.6 is 23.5 Å². The number of hydrogen-bond donors (Lipinski definition) is 10. The zero-order valence-corrected chi connectivity index (χ0v) is 37.2. The lowest BCUT2D eigenvalue weighted by Gasteiger charge is -2.27. The molecule has 0 radical (unpaired) electrons. The largest absolute Gasteiger partial charge is 0.508 e. The van der Waals surface area contributed by atoms with Crippen molar-refractivity contribution in [1.82, 2.24) is 31.9 Å². The lowest BCUT2D eigenvalue weighted by atomic mass is 10.0. The normalized spacial score (nSPS) is 13.8. The first-order valence-electron chi connectivity index (χ1n) is 20.0. The van der Waals surface area contributed by atoms with Crippen molar-refractivity contribution in [3.63, 3.8) is 0 Å². The van der Waals surface area contributed by atoms with E-state index < -0.39 is 84.0 Å². The fourth-order valence-corrected chi connectivity index (χ4v) is 7.18. The van der Waals surface area contributed by atoms with Gasteiger partial charge in [-0.05, 0) is 92.1 Å². The number of nitrogens with zero attached hydrogens (tertiary/aromatic N) is 1. The van der Waals surface area contributed by atoms with E-state index in [-0.39, 0.29) is 61.4 Å². The number of carbonyl (C=O) groups is 8. The average Bonchev–Trinajstić information content (AvgIpc) is 3.19. The summed E-state index contributed by atoms with van der Waals surface area (Å²) in [5.74, 6) is -5.06. The second kappa shape index (κ2) is 27.2. The van der Waals surface area contributed by atoms with Crippen molar-refractivity contribution >= 4 is 75.9 Å². The molecule has 19 nitrogen and oxygen atoms in total. The highest BCUT2D eigenvalue weighted by Gasteiger charge is 2.33.